The molecule has 4 nitrogen and oxygen atoms in total. The van der Waals surface area contributed by atoms with E-state index >= 15 is 0 Å². The lowest BCUT2D eigenvalue weighted by atomic mass is 9.96. The van der Waals surface area contributed by atoms with Crippen LogP contribution in [0.5, 0.6) is 0 Å². The molecular weight excluding hydrogens is 418 g/mol. The lowest BCUT2D eigenvalue weighted by Gasteiger charge is -2.11. The number of aromatic nitrogens is 2. The van der Waals surface area contributed by atoms with Gasteiger partial charge in [-0.2, -0.15) is 5.10 Å². The smallest absolute Gasteiger partial charge is 0.252 e. The summed E-state index contributed by atoms with van der Waals surface area (Å²) in [5, 5.41) is 11.7. The van der Waals surface area contributed by atoms with E-state index < -0.39 is 0 Å². The number of amides is 1. The lowest BCUT2D eigenvalue weighted by molar-refractivity contribution is 0.0956. The summed E-state index contributed by atoms with van der Waals surface area (Å²) in [6, 6.07) is 30.8. The lowest BCUT2D eigenvalue weighted by Crippen LogP contribution is -2.26. The Kier molecular flexibility index (Phi) is 5.96. The second-order valence-electron chi connectivity index (χ2n) is 8.74. The van der Waals surface area contributed by atoms with Crippen LogP contribution in [0.25, 0.3) is 33.3 Å². The molecule has 0 unspecified atom stereocenters. The summed E-state index contributed by atoms with van der Waals surface area (Å²) in [4.78, 5) is 13.5. The third-order valence-corrected chi connectivity index (χ3v) is 6.16. The van der Waals surface area contributed by atoms with Gasteiger partial charge in [-0.15, -0.1) is 0 Å². The standard InChI is InChI=1S/C30H27N3O/c1-20-8-12-23(13-9-20)25-18-26(30(34)31-17-16-22-6-4-3-5-7-22)28-27(19-25)32-33-29(28)24-14-10-21(2)11-15-24/h3-15,18-19H,16-17H2,1-2H3,(H,31,34)(H,32,33). The molecule has 0 spiro atoms. The molecule has 0 aliphatic rings. The summed E-state index contributed by atoms with van der Waals surface area (Å²) >= 11 is 0. The summed E-state index contributed by atoms with van der Waals surface area (Å²) in [5.41, 5.74) is 8.89. The number of fused-ring (bicyclic) bond motifs is 1. The number of H-pyrrole nitrogens is 1. The summed E-state index contributed by atoms with van der Waals surface area (Å²) < 4.78 is 0. The first kappa shape index (κ1) is 21.7. The molecular formula is C30H27N3O. The molecule has 5 rings (SSSR count). The molecule has 1 amide bonds. The van der Waals surface area contributed by atoms with Gasteiger partial charge in [0.15, 0.2) is 0 Å². The average molecular weight is 446 g/mol. The summed E-state index contributed by atoms with van der Waals surface area (Å²) in [5.74, 6) is -0.0929. The Balaban J connectivity index is 1.55. The number of aromatic amines is 1. The Bertz CT molecular complexity index is 1430. The zero-order valence-corrected chi connectivity index (χ0v) is 19.4. The first-order valence-electron chi connectivity index (χ1n) is 11.6. The van der Waals surface area contributed by atoms with Crippen molar-refractivity contribution < 1.29 is 4.79 Å². The second-order valence-corrected chi connectivity index (χ2v) is 8.74. The molecule has 34 heavy (non-hydrogen) atoms. The van der Waals surface area contributed by atoms with Crippen LogP contribution >= 0.6 is 0 Å². The Hall–Kier alpha value is -4.18. The average Bonchev–Trinajstić information content (AvgIpc) is 3.29. The number of carbonyl (C=O) groups is 1. The van der Waals surface area contributed by atoms with Gasteiger partial charge < -0.3 is 5.32 Å². The van der Waals surface area contributed by atoms with Crippen LogP contribution in [0, 0.1) is 13.8 Å². The maximum Gasteiger partial charge on any atom is 0.252 e. The maximum absolute atomic E-state index is 13.5. The highest BCUT2D eigenvalue weighted by atomic mass is 16.1. The van der Waals surface area contributed by atoms with Crippen LogP contribution in [0.3, 0.4) is 0 Å². The van der Waals surface area contributed by atoms with E-state index in [9.17, 15) is 4.79 Å². The monoisotopic (exact) mass is 445 g/mol. The molecule has 0 fully saturated rings. The van der Waals surface area contributed by atoms with Gasteiger partial charge >= 0.3 is 0 Å². The van der Waals surface area contributed by atoms with E-state index in [1.165, 1.54) is 16.7 Å². The minimum absolute atomic E-state index is 0.0929. The molecule has 1 heterocycles. The Morgan fingerprint density at radius 1 is 0.794 bits per heavy atom. The number of nitrogens with one attached hydrogen (secondary N) is 2. The highest BCUT2D eigenvalue weighted by molar-refractivity contribution is 6.12. The molecule has 0 saturated heterocycles. The van der Waals surface area contributed by atoms with Crippen molar-refractivity contribution in [2.24, 2.45) is 0 Å². The van der Waals surface area contributed by atoms with Crippen LogP contribution in [0.1, 0.15) is 27.0 Å². The third kappa shape index (κ3) is 4.48. The second kappa shape index (κ2) is 9.36. The topological polar surface area (TPSA) is 57.8 Å². The van der Waals surface area contributed by atoms with E-state index in [-0.39, 0.29) is 5.91 Å². The van der Waals surface area contributed by atoms with Gasteiger partial charge in [0.05, 0.1) is 11.1 Å². The molecule has 0 atom stereocenters. The van der Waals surface area contributed by atoms with Gasteiger partial charge in [0.1, 0.15) is 5.69 Å². The zero-order chi connectivity index (χ0) is 23.5. The summed E-state index contributed by atoms with van der Waals surface area (Å²) in [6.45, 7) is 4.70. The maximum atomic E-state index is 13.5. The normalized spacial score (nSPS) is 11.0. The first-order chi connectivity index (χ1) is 16.6. The highest BCUT2D eigenvalue weighted by Crippen LogP contribution is 2.33. The van der Waals surface area contributed by atoms with Crippen molar-refractivity contribution in [3.63, 3.8) is 0 Å². The van der Waals surface area contributed by atoms with E-state index in [1.807, 2.05) is 24.3 Å². The van der Waals surface area contributed by atoms with Crippen LogP contribution in [0.15, 0.2) is 91.0 Å². The van der Waals surface area contributed by atoms with Crippen molar-refractivity contribution in [2.75, 3.05) is 6.54 Å². The molecule has 168 valence electrons. The minimum atomic E-state index is -0.0929. The SMILES string of the molecule is Cc1ccc(-c2cc(C(=O)NCCc3ccccc3)c3c(-c4ccc(C)cc4)n[nH]c3c2)cc1. The molecule has 5 aromatic rings. The van der Waals surface area contributed by atoms with Gasteiger partial charge in [-0.1, -0.05) is 90.0 Å². The number of hydrogen-bond donors (Lipinski definition) is 2. The van der Waals surface area contributed by atoms with Gasteiger partial charge in [-0.25, -0.2) is 0 Å². The molecule has 0 bridgehead atoms. The van der Waals surface area contributed by atoms with Gasteiger partial charge in [-0.3, -0.25) is 9.89 Å². The van der Waals surface area contributed by atoms with Crippen molar-refractivity contribution in [2.45, 2.75) is 20.3 Å². The first-order valence-corrected chi connectivity index (χ1v) is 11.6. The Labute approximate surface area is 199 Å². The van der Waals surface area contributed by atoms with Crippen LogP contribution in [0.4, 0.5) is 0 Å². The van der Waals surface area contributed by atoms with Gasteiger partial charge in [0.25, 0.3) is 5.91 Å². The van der Waals surface area contributed by atoms with Gasteiger partial charge in [-0.05, 0) is 49.1 Å². The number of carbonyl (C=O) groups excluding carboxylic acids is 1. The quantitative estimate of drug-likeness (QED) is 0.314. The molecule has 0 saturated carbocycles. The molecule has 0 aliphatic heterocycles. The van der Waals surface area contributed by atoms with Crippen molar-refractivity contribution in [3.8, 4) is 22.4 Å². The van der Waals surface area contributed by atoms with Crippen molar-refractivity contribution in [1.82, 2.24) is 15.5 Å². The van der Waals surface area contributed by atoms with Crippen LogP contribution in [-0.2, 0) is 6.42 Å². The highest BCUT2D eigenvalue weighted by Gasteiger charge is 2.19. The fourth-order valence-corrected chi connectivity index (χ4v) is 4.23. The van der Waals surface area contributed by atoms with Crippen molar-refractivity contribution >= 4 is 16.8 Å². The van der Waals surface area contributed by atoms with E-state index in [0.717, 1.165) is 39.7 Å². The van der Waals surface area contributed by atoms with Gasteiger partial charge in [0, 0.05) is 17.5 Å². The molecule has 0 radical (unpaired) electrons. The molecule has 1 aromatic heterocycles. The fourth-order valence-electron chi connectivity index (χ4n) is 4.23. The largest absolute Gasteiger partial charge is 0.352 e. The number of rotatable bonds is 6. The van der Waals surface area contributed by atoms with Crippen LogP contribution in [0.2, 0.25) is 0 Å². The molecule has 0 aliphatic carbocycles. The summed E-state index contributed by atoms with van der Waals surface area (Å²) in [7, 11) is 0. The number of nitrogens with zero attached hydrogens (tertiary/aromatic N) is 1. The number of aryl methyl sites for hydroxylation is 2. The molecule has 4 heteroatoms. The number of hydrogen-bond acceptors (Lipinski definition) is 2. The van der Waals surface area contributed by atoms with E-state index in [1.54, 1.807) is 0 Å². The van der Waals surface area contributed by atoms with Crippen LogP contribution in [-0.4, -0.2) is 22.6 Å². The van der Waals surface area contributed by atoms with Crippen LogP contribution < -0.4 is 5.32 Å². The van der Waals surface area contributed by atoms with Gasteiger partial charge in [0.2, 0.25) is 0 Å². The fraction of sp³-hybridized carbons (Fsp3) is 0.133. The van der Waals surface area contributed by atoms with E-state index in [4.69, 9.17) is 0 Å². The van der Waals surface area contributed by atoms with Crippen molar-refractivity contribution in [3.05, 3.63) is 113 Å². The molecule has 2 N–H and O–H groups in total. The molecule has 4 aromatic carbocycles. The zero-order valence-electron chi connectivity index (χ0n) is 19.4. The third-order valence-electron chi connectivity index (χ3n) is 6.16. The number of benzene rings is 4. The minimum Gasteiger partial charge on any atom is -0.352 e. The van der Waals surface area contributed by atoms with Crippen molar-refractivity contribution in [1.29, 1.82) is 0 Å². The summed E-state index contributed by atoms with van der Waals surface area (Å²) in [6.07, 6.45) is 0.781. The predicted molar refractivity (Wildman–Crippen MR) is 139 cm³/mol. The van der Waals surface area contributed by atoms with E-state index in [0.29, 0.717) is 12.1 Å². The predicted octanol–water partition coefficient (Wildman–Crippen LogP) is 6.49. The Morgan fingerprint density at radius 3 is 2.12 bits per heavy atom. The Morgan fingerprint density at radius 2 is 1.44 bits per heavy atom. The van der Waals surface area contributed by atoms with E-state index in [2.05, 4.69) is 96.1 Å².